The van der Waals surface area contributed by atoms with Crippen molar-refractivity contribution < 1.29 is 5.11 Å². The van der Waals surface area contributed by atoms with Gasteiger partial charge in [-0.3, -0.25) is 9.78 Å². The van der Waals surface area contributed by atoms with Gasteiger partial charge in [0.2, 0.25) is 5.88 Å². The molecule has 0 aliphatic rings. The average molecular weight is 325 g/mol. The molecular formula is C13H13BrN2O3. The predicted octanol–water partition coefficient (Wildman–Crippen LogP) is 1.86. The van der Waals surface area contributed by atoms with Crippen molar-refractivity contribution in [1.82, 2.24) is 9.55 Å². The van der Waals surface area contributed by atoms with Gasteiger partial charge in [-0.25, -0.2) is 9.36 Å². The highest BCUT2D eigenvalue weighted by atomic mass is 79.9. The number of H-pyrrole nitrogens is 1. The molecular weight excluding hydrogens is 312 g/mol. The third kappa shape index (κ3) is 2.35. The van der Waals surface area contributed by atoms with E-state index in [4.69, 9.17) is 0 Å². The number of hydrogen-bond acceptors (Lipinski definition) is 3. The van der Waals surface area contributed by atoms with Crippen LogP contribution < -0.4 is 11.2 Å². The molecule has 0 saturated carbocycles. The third-order valence-corrected chi connectivity index (χ3v) is 3.43. The second-order valence-electron chi connectivity index (χ2n) is 4.18. The molecule has 0 atom stereocenters. The maximum Gasteiger partial charge on any atom is 0.335 e. The first-order valence-corrected chi connectivity index (χ1v) is 6.58. The van der Waals surface area contributed by atoms with Gasteiger partial charge in [0.05, 0.1) is 11.3 Å². The molecule has 2 rings (SSSR count). The molecule has 0 unspecified atom stereocenters. The molecule has 0 aliphatic heterocycles. The lowest BCUT2D eigenvalue weighted by molar-refractivity contribution is 0.423. The molecule has 0 amide bonds. The topological polar surface area (TPSA) is 75.1 Å². The monoisotopic (exact) mass is 324 g/mol. The Morgan fingerprint density at radius 2 is 2.05 bits per heavy atom. The van der Waals surface area contributed by atoms with Gasteiger partial charge in [-0.2, -0.15) is 0 Å². The van der Waals surface area contributed by atoms with Gasteiger partial charge >= 0.3 is 5.69 Å². The quantitative estimate of drug-likeness (QED) is 0.885. The van der Waals surface area contributed by atoms with Gasteiger partial charge in [-0.1, -0.05) is 22.9 Å². The summed E-state index contributed by atoms with van der Waals surface area (Å²) in [6.07, 6.45) is 0.344. The van der Waals surface area contributed by atoms with Gasteiger partial charge < -0.3 is 5.11 Å². The Kier molecular flexibility index (Phi) is 3.61. The minimum atomic E-state index is -0.648. The largest absolute Gasteiger partial charge is 0.494 e. The molecule has 0 spiro atoms. The van der Waals surface area contributed by atoms with Crippen molar-refractivity contribution in [2.24, 2.45) is 0 Å². The van der Waals surface area contributed by atoms with Crippen LogP contribution in [-0.2, 0) is 6.42 Å². The van der Waals surface area contributed by atoms with Crippen molar-refractivity contribution in [3.05, 3.63) is 54.6 Å². The molecule has 1 aromatic carbocycles. The molecule has 2 aromatic rings. The van der Waals surface area contributed by atoms with Crippen LogP contribution in [0.4, 0.5) is 0 Å². The molecule has 0 bridgehead atoms. The highest BCUT2D eigenvalue weighted by Gasteiger charge is 2.15. The summed E-state index contributed by atoms with van der Waals surface area (Å²) in [5.74, 6) is -0.304. The fourth-order valence-electron chi connectivity index (χ4n) is 1.97. The van der Waals surface area contributed by atoms with E-state index in [1.165, 1.54) is 0 Å². The van der Waals surface area contributed by atoms with E-state index in [1.54, 1.807) is 19.1 Å². The minimum Gasteiger partial charge on any atom is -0.494 e. The summed E-state index contributed by atoms with van der Waals surface area (Å²) < 4.78 is 1.99. The summed E-state index contributed by atoms with van der Waals surface area (Å²) in [6.45, 7) is 3.57. The lowest BCUT2D eigenvalue weighted by Gasteiger charge is -2.13. The summed E-state index contributed by atoms with van der Waals surface area (Å²) in [6, 6.07) is 5.31. The fourth-order valence-corrected chi connectivity index (χ4v) is 2.45. The van der Waals surface area contributed by atoms with Crippen LogP contribution in [-0.4, -0.2) is 14.7 Å². The fraction of sp³-hybridized carbons (Fsp3) is 0.231. The Morgan fingerprint density at radius 1 is 1.37 bits per heavy atom. The van der Waals surface area contributed by atoms with Gasteiger partial charge in [0, 0.05) is 4.47 Å². The van der Waals surface area contributed by atoms with E-state index in [2.05, 4.69) is 20.9 Å². The van der Waals surface area contributed by atoms with Gasteiger partial charge in [0.15, 0.2) is 0 Å². The number of aromatic nitrogens is 2. The first kappa shape index (κ1) is 13.6. The first-order valence-electron chi connectivity index (χ1n) is 5.79. The molecule has 5 nitrogen and oxygen atoms in total. The van der Waals surface area contributed by atoms with E-state index >= 15 is 0 Å². The molecule has 0 aliphatic carbocycles. The number of aromatic hydroxyl groups is 1. The maximum absolute atomic E-state index is 11.9. The van der Waals surface area contributed by atoms with Gasteiger partial charge in [-0.05, 0) is 37.1 Å². The zero-order valence-corrected chi connectivity index (χ0v) is 12.1. The first-order chi connectivity index (χ1) is 8.95. The zero-order valence-electron chi connectivity index (χ0n) is 10.5. The molecule has 1 heterocycles. The molecule has 2 N–H and O–H groups in total. The summed E-state index contributed by atoms with van der Waals surface area (Å²) in [5, 5.41) is 10.1. The van der Waals surface area contributed by atoms with Crippen LogP contribution in [0.1, 0.15) is 18.1 Å². The van der Waals surface area contributed by atoms with Crippen LogP contribution in [0, 0.1) is 6.92 Å². The Morgan fingerprint density at radius 3 is 2.63 bits per heavy atom. The van der Waals surface area contributed by atoms with E-state index < -0.39 is 11.2 Å². The number of benzene rings is 1. The number of hydrogen-bond donors (Lipinski definition) is 2. The molecule has 0 fully saturated rings. The average Bonchev–Trinajstić information content (AvgIpc) is 2.31. The third-order valence-electron chi connectivity index (χ3n) is 2.93. The standard InChI is InChI=1S/C13H13BrN2O3/c1-3-9-11(17)15-13(19)16(12(9)18)10-5-4-8(14)6-7(10)2/h4-6,18H,3H2,1-2H3,(H,15,17,19). The van der Waals surface area contributed by atoms with Crippen molar-refractivity contribution in [3.63, 3.8) is 0 Å². The summed E-state index contributed by atoms with van der Waals surface area (Å²) in [5.41, 5.74) is 0.348. The van der Waals surface area contributed by atoms with E-state index in [0.717, 1.165) is 14.6 Å². The SMILES string of the molecule is CCc1c(O)n(-c2ccc(Br)cc2C)c(=O)[nH]c1=O. The van der Waals surface area contributed by atoms with Crippen molar-refractivity contribution >= 4 is 15.9 Å². The van der Waals surface area contributed by atoms with Crippen molar-refractivity contribution in [3.8, 4) is 11.6 Å². The molecule has 6 heteroatoms. The van der Waals surface area contributed by atoms with Crippen LogP contribution in [0.5, 0.6) is 5.88 Å². The number of aromatic amines is 1. The number of nitrogens with one attached hydrogen (secondary N) is 1. The van der Waals surface area contributed by atoms with Crippen LogP contribution in [0.3, 0.4) is 0 Å². The molecule has 0 radical (unpaired) electrons. The second kappa shape index (κ2) is 5.05. The van der Waals surface area contributed by atoms with E-state index in [1.807, 2.05) is 13.0 Å². The number of nitrogens with zero attached hydrogens (tertiary/aromatic N) is 1. The molecule has 1 aromatic heterocycles. The Bertz CT molecular complexity index is 747. The van der Waals surface area contributed by atoms with Crippen LogP contribution >= 0.6 is 15.9 Å². The lowest BCUT2D eigenvalue weighted by atomic mass is 10.2. The normalized spacial score (nSPS) is 10.7. The highest BCUT2D eigenvalue weighted by Crippen LogP contribution is 2.22. The van der Waals surface area contributed by atoms with Crippen LogP contribution in [0.15, 0.2) is 32.3 Å². The van der Waals surface area contributed by atoms with Crippen molar-refractivity contribution in [2.45, 2.75) is 20.3 Å². The van der Waals surface area contributed by atoms with Crippen molar-refractivity contribution in [1.29, 1.82) is 0 Å². The Balaban J connectivity index is 2.83. The predicted molar refractivity (Wildman–Crippen MR) is 76.1 cm³/mol. The van der Waals surface area contributed by atoms with E-state index in [0.29, 0.717) is 12.1 Å². The maximum atomic E-state index is 11.9. The van der Waals surface area contributed by atoms with E-state index in [9.17, 15) is 14.7 Å². The highest BCUT2D eigenvalue weighted by molar-refractivity contribution is 9.10. The molecule has 0 saturated heterocycles. The van der Waals surface area contributed by atoms with Crippen LogP contribution in [0.25, 0.3) is 5.69 Å². The number of aryl methyl sites for hydroxylation is 1. The number of halogens is 1. The minimum absolute atomic E-state index is 0.196. The Hall–Kier alpha value is -1.82. The summed E-state index contributed by atoms with van der Waals surface area (Å²) in [4.78, 5) is 25.7. The second-order valence-corrected chi connectivity index (χ2v) is 5.10. The molecule has 19 heavy (non-hydrogen) atoms. The summed E-state index contributed by atoms with van der Waals surface area (Å²) in [7, 11) is 0. The smallest absolute Gasteiger partial charge is 0.335 e. The van der Waals surface area contributed by atoms with Crippen molar-refractivity contribution in [2.75, 3.05) is 0 Å². The summed E-state index contributed by atoms with van der Waals surface area (Å²) >= 11 is 3.34. The van der Waals surface area contributed by atoms with Gasteiger partial charge in [-0.15, -0.1) is 0 Å². The van der Waals surface area contributed by atoms with Gasteiger partial charge in [0.25, 0.3) is 5.56 Å². The molecule has 100 valence electrons. The van der Waals surface area contributed by atoms with Crippen LogP contribution in [0.2, 0.25) is 0 Å². The van der Waals surface area contributed by atoms with Gasteiger partial charge in [0.1, 0.15) is 0 Å². The lowest BCUT2D eigenvalue weighted by Crippen LogP contribution is -2.31. The Labute approximate surface area is 117 Å². The number of rotatable bonds is 2. The van der Waals surface area contributed by atoms with E-state index in [-0.39, 0.29) is 11.4 Å². The zero-order chi connectivity index (χ0) is 14.2.